The van der Waals surface area contributed by atoms with E-state index in [1.165, 1.54) is 12.1 Å². The van der Waals surface area contributed by atoms with Crippen molar-refractivity contribution < 1.29 is 14.7 Å². The molecule has 0 saturated carbocycles. The molecule has 0 aliphatic heterocycles. The fraction of sp³-hybridized carbons (Fsp3) is 0.222. The van der Waals surface area contributed by atoms with Crippen LogP contribution in [0.5, 0.6) is 0 Å². The SMILES string of the molecule is CC(C)(Cc1ccccc1)C(=O)Nc1ccc(C(=O)O)cc1. The lowest BCUT2D eigenvalue weighted by atomic mass is 9.84. The predicted octanol–water partition coefficient (Wildman–Crippen LogP) is 3.59. The van der Waals surface area contributed by atoms with E-state index in [-0.39, 0.29) is 11.5 Å². The monoisotopic (exact) mass is 297 g/mol. The Morgan fingerprint density at radius 2 is 1.59 bits per heavy atom. The van der Waals surface area contributed by atoms with Gasteiger partial charge in [0.2, 0.25) is 5.91 Å². The lowest BCUT2D eigenvalue weighted by Gasteiger charge is -2.23. The molecule has 22 heavy (non-hydrogen) atoms. The van der Waals surface area contributed by atoms with Crippen molar-refractivity contribution in [1.29, 1.82) is 0 Å². The molecule has 0 heterocycles. The van der Waals surface area contributed by atoms with E-state index >= 15 is 0 Å². The van der Waals surface area contributed by atoms with E-state index < -0.39 is 11.4 Å². The molecule has 2 N–H and O–H groups in total. The van der Waals surface area contributed by atoms with Crippen LogP contribution in [0.2, 0.25) is 0 Å². The summed E-state index contributed by atoms with van der Waals surface area (Å²) in [5.74, 6) is -1.08. The maximum absolute atomic E-state index is 12.4. The van der Waals surface area contributed by atoms with Gasteiger partial charge in [0.1, 0.15) is 0 Å². The summed E-state index contributed by atoms with van der Waals surface area (Å²) in [6, 6.07) is 16.0. The van der Waals surface area contributed by atoms with Crippen LogP contribution in [0.3, 0.4) is 0 Å². The Morgan fingerprint density at radius 1 is 1.00 bits per heavy atom. The molecule has 114 valence electrons. The standard InChI is InChI=1S/C18H19NO3/c1-18(2,12-13-6-4-3-5-7-13)17(22)19-15-10-8-14(9-11-15)16(20)21/h3-11H,12H2,1-2H3,(H,19,22)(H,20,21). The number of carboxylic acids is 1. The largest absolute Gasteiger partial charge is 0.478 e. The van der Waals surface area contributed by atoms with Gasteiger partial charge < -0.3 is 10.4 Å². The molecule has 0 aliphatic rings. The molecular formula is C18H19NO3. The lowest BCUT2D eigenvalue weighted by Crippen LogP contribution is -2.32. The Kier molecular flexibility index (Phi) is 4.61. The van der Waals surface area contributed by atoms with Gasteiger partial charge in [-0.15, -0.1) is 0 Å². The number of aromatic carboxylic acids is 1. The van der Waals surface area contributed by atoms with Gasteiger partial charge >= 0.3 is 5.97 Å². The number of benzene rings is 2. The molecule has 0 unspecified atom stereocenters. The fourth-order valence-electron chi connectivity index (χ4n) is 2.18. The average molecular weight is 297 g/mol. The topological polar surface area (TPSA) is 66.4 Å². The highest BCUT2D eigenvalue weighted by atomic mass is 16.4. The zero-order valence-electron chi connectivity index (χ0n) is 12.7. The van der Waals surface area contributed by atoms with Crippen LogP contribution in [-0.4, -0.2) is 17.0 Å². The molecule has 4 heteroatoms. The van der Waals surface area contributed by atoms with Crippen molar-refractivity contribution >= 4 is 17.6 Å². The molecule has 2 aromatic rings. The summed E-state index contributed by atoms with van der Waals surface area (Å²) in [7, 11) is 0. The molecule has 0 bridgehead atoms. The van der Waals surface area contributed by atoms with Crippen molar-refractivity contribution in [3.63, 3.8) is 0 Å². The van der Waals surface area contributed by atoms with Crippen molar-refractivity contribution in [1.82, 2.24) is 0 Å². The third-order valence-electron chi connectivity index (χ3n) is 3.49. The van der Waals surface area contributed by atoms with E-state index in [0.29, 0.717) is 12.1 Å². The van der Waals surface area contributed by atoms with Gasteiger partial charge in [0.15, 0.2) is 0 Å². The van der Waals surface area contributed by atoms with Gasteiger partial charge in [-0.1, -0.05) is 44.2 Å². The molecule has 2 rings (SSSR count). The minimum absolute atomic E-state index is 0.0978. The highest BCUT2D eigenvalue weighted by Gasteiger charge is 2.27. The predicted molar refractivity (Wildman–Crippen MR) is 86.0 cm³/mol. The zero-order valence-corrected chi connectivity index (χ0v) is 12.7. The number of carbonyl (C=O) groups excluding carboxylic acids is 1. The summed E-state index contributed by atoms with van der Waals surface area (Å²) >= 11 is 0. The van der Waals surface area contributed by atoms with Crippen LogP contribution in [0.1, 0.15) is 29.8 Å². The number of carbonyl (C=O) groups is 2. The van der Waals surface area contributed by atoms with E-state index in [2.05, 4.69) is 5.32 Å². The van der Waals surface area contributed by atoms with Crippen LogP contribution in [0, 0.1) is 5.41 Å². The van der Waals surface area contributed by atoms with E-state index in [1.807, 2.05) is 44.2 Å². The van der Waals surface area contributed by atoms with Crippen LogP contribution in [0.15, 0.2) is 54.6 Å². The molecule has 1 amide bonds. The fourth-order valence-corrected chi connectivity index (χ4v) is 2.18. The minimum Gasteiger partial charge on any atom is -0.478 e. The molecule has 0 fully saturated rings. The first-order chi connectivity index (χ1) is 10.4. The van der Waals surface area contributed by atoms with Crippen molar-refractivity contribution in [3.05, 3.63) is 65.7 Å². The number of carboxylic acid groups (broad SMARTS) is 1. The number of amides is 1. The van der Waals surface area contributed by atoms with Gasteiger partial charge in [0, 0.05) is 11.1 Å². The first kappa shape index (κ1) is 15.8. The number of anilines is 1. The van der Waals surface area contributed by atoms with Crippen LogP contribution in [0.25, 0.3) is 0 Å². The van der Waals surface area contributed by atoms with Crippen molar-refractivity contribution in [2.45, 2.75) is 20.3 Å². The molecule has 0 aliphatic carbocycles. The summed E-state index contributed by atoms with van der Waals surface area (Å²) in [5, 5.41) is 11.7. The maximum Gasteiger partial charge on any atom is 0.335 e. The van der Waals surface area contributed by atoms with E-state index in [4.69, 9.17) is 5.11 Å². The summed E-state index contributed by atoms with van der Waals surface area (Å²) < 4.78 is 0. The number of hydrogen-bond donors (Lipinski definition) is 2. The molecule has 0 aromatic heterocycles. The highest BCUT2D eigenvalue weighted by Crippen LogP contribution is 2.24. The summed E-state index contributed by atoms with van der Waals surface area (Å²) in [6.07, 6.45) is 0.632. The molecule has 0 radical (unpaired) electrons. The molecule has 4 nitrogen and oxygen atoms in total. The molecule has 0 atom stereocenters. The number of nitrogens with one attached hydrogen (secondary N) is 1. The second kappa shape index (κ2) is 6.43. The Hall–Kier alpha value is -2.62. The summed E-state index contributed by atoms with van der Waals surface area (Å²) in [5.41, 5.74) is 1.33. The second-order valence-electron chi connectivity index (χ2n) is 5.88. The van der Waals surface area contributed by atoms with E-state index in [0.717, 1.165) is 5.56 Å². The summed E-state index contributed by atoms with van der Waals surface area (Å²) in [6.45, 7) is 3.78. The van der Waals surface area contributed by atoms with Gasteiger partial charge in [-0.25, -0.2) is 4.79 Å². The van der Waals surface area contributed by atoms with Crippen molar-refractivity contribution in [2.75, 3.05) is 5.32 Å². The molecular weight excluding hydrogens is 278 g/mol. The van der Waals surface area contributed by atoms with E-state index in [1.54, 1.807) is 12.1 Å². The van der Waals surface area contributed by atoms with Crippen LogP contribution < -0.4 is 5.32 Å². The van der Waals surface area contributed by atoms with Crippen LogP contribution in [0.4, 0.5) is 5.69 Å². The first-order valence-electron chi connectivity index (χ1n) is 7.07. The number of rotatable bonds is 5. The van der Waals surface area contributed by atoms with Gasteiger partial charge in [-0.2, -0.15) is 0 Å². The normalized spacial score (nSPS) is 11.0. The minimum atomic E-state index is -0.984. The van der Waals surface area contributed by atoms with Gasteiger partial charge in [0.25, 0.3) is 0 Å². The Labute approximate surface area is 129 Å². The zero-order chi connectivity index (χ0) is 16.2. The quantitative estimate of drug-likeness (QED) is 0.886. The third kappa shape index (κ3) is 3.95. The van der Waals surface area contributed by atoms with Gasteiger partial charge in [-0.3, -0.25) is 4.79 Å². The Balaban J connectivity index is 2.05. The van der Waals surface area contributed by atoms with Crippen molar-refractivity contribution in [3.8, 4) is 0 Å². The first-order valence-corrected chi connectivity index (χ1v) is 7.07. The smallest absolute Gasteiger partial charge is 0.335 e. The molecule has 2 aromatic carbocycles. The number of hydrogen-bond acceptors (Lipinski definition) is 2. The van der Waals surface area contributed by atoms with Crippen molar-refractivity contribution in [2.24, 2.45) is 5.41 Å². The van der Waals surface area contributed by atoms with Crippen LogP contribution in [-0.2, 0) is 11.2 Å². The van der Waals surface area contributed by atoms with Gasteiger partial charge in [0.05, 0.1) is 5.56 Å². The third-order valence-corrected chi connectivity index (χ3v) is 3.49. The maximum atomic E-state index is 12.4. The van der Waals surface area contributed by atoms with Gasteiger partial charge in [-0.05, 0) is 36.2 Å². The van der Waals surface area contributed by atoms with Crippen LogP contribution >= 0.6 is 0 Å². The highest BCUT2D eigenvalue weighted by molar-refractivity contribution is 5.95. The summed E-state index contributed by atoms with van der Waals surface area (Å²) in [4.78, 5) is 23.2. The molecule has 0 spiro atoms. The average Bonchev–Trinajstić information content (AvgIpc) is 2.48. The lowest BCUT2D eigenvalue weighted by molar-refractivity contribution is -0.123. The Bertz CT molecular complexity index is 660. The van der Waals surface area contributed by atoms with E-state index in [9.17, 15) is 9.59 Å². The molecule has 0 saturated heterocycles. The Morgan fingerprint density at radius 3 is 2.14 bits per heavy atom. The second-order valence-corrected chi connectivity index (χ2v) is 5.88.